The Morgan fingerprint density at radius 1 is 1.10 bits per heavy atom. The molecule has 1 unspecified atom stereocenters. The summed E-state index contributed by atoms with van der Waals surface area (Å²) in [7, 11) is -3.80. The van der Waals surface area contributed by atoms with Crippen molar-refractivity contribution in [2.45, 2.75) is 49.9 Å². The molecule has 1 fully saturated rings. The maximum absolute atomic E-state index is 13.0. The molecule has 0 aliphatic carbocycles. The molecule has 1 atom stereocenters. The number of para-hydroxylation sites is 1. The summed E-state index contributed by atoms with van der Waals surface area (Å²) >= 11 is 0. The number of hydrogen-bond donors (Lipinski definition) is 1. The van der Waals surface area contributed by atoms with Gasteiger partial charge in [0.2, 0.25) is 10.0 Å². The van der Waals surface area contributed by atoms with Crippen molar-refractivity contribution in [2.75, 3.05) is 32.0 Å². The van der Waals surface area contributed by atoms with Crippen LogP contribution in [0.4, 0.5) is 19.0 Å². The van der Waals surface area contributed by atoms with Crippen molar-refractivity contribution >= 4 is 37.8 Å². The summed E-state index contributed by atoms with van der Waals surface area (Å²) in [6, 6.07) is 12.2. The van der Waals surface area contributed by atoms with E-state index in [1.165, 1.54) is 4.31 Å². The molecule has 2 aromatic heterocycles. The van der Waals surface area contributed by atoms with Crippen LogP contribution in [0.2, 0.25) is 0 Å². The lowest BCUT2D eigenvalue weighted by Crippen LogP contribution is -2.38. The molecular formula is C28H32F3N5O4S. The van der Waals surface area contributed by atoms with Crippen molar-refractivity contribution in [2.24, 2.45) is 5.92 Å². The predicted octanol–water partition coefficient (Wildman–Crippen LogP) is 5.52. The molecule has 0 radical (unpaired) electrons. The Labute approximate surface area is 236 Å². The summed E-state index contributed by atoms with van der Waals surface area (Å²) in [5, 5.41) is 0.986. The number of nitrogen functional groups attached to an aromatic ring is 1. The molecule has 0 spiro atoms. The minimum absolute atomic E-state index is 0.0586. The van der Waals surface area contributed by atoms with Gasteiger partial charge in [-0.15, -0.1) is 13.2 Å². The molecule has 1 aliphatic rings. The van der Waals surface area contributed by atoms with E-state index in [9.17, 15) is 21.6 Å². The third kappa shape index (κ3) is 6.41. The topological polar surface area (TPSA) is 113 Å². The fourth-order valence-corrected chi connectivity index (χ4v) is 6.78. The highest BCUT2D eigenvalue weighted by atomic mass is 32.2. The zero-order chi connectivity index (χ0) is 29.2. The number of halogens is 3. The molecular weight excluding hydrogens is 559 g/mol. The van der Waals surface area contributed by atoms with Gasteiger partial charge in [0.1, 0.15) is 11.3 Å². The van der Waals surface area contributed by atoms with Crippen LogP contribution in [0.1, 0.15) is 38.6 Å². The third-order valence-electron chi connectivity index (χ3n) is 7.55. The van der Waals surface area contributed by atoms with Gasteiger partial charge < -0.3 is 19.8 Å². The minimum atomic E-state index is -4.83. The Morgan fingerprint density at radius 2 is 1.80 bits per heavy atom. The van der Waals surface area contributed by atoms with Crippen LogP contribution in [0.25, 0.3) is 21.9 Å². The average Bonchev–Trinajstić information content (AvgIpc) is 3.39. The maximum Gasteiger partial charge on any atom is 0.573 e. The number of nitrogens with zero attached hydrogens (tertiary/aromatic N) is 4. The van der Waals surface area contributed by atoms with E-state index in [2.05, 4.69) is 26.2 Å². The average molecular weight is 592 g/mol. The zero-order valence-corrected chi connectivity index (χ0v) is 23.4. The minimum Gasteiger partial charge on any atom is -0.406 e. The highest BCUT2D eigenvalue weighted by Crippen LogP contribution is 2.31. The number of aromatic nitrogens is 3. The van der Waals surface area contributed by atoms with E-state index >= 15 is 0 Å². The van der Waals surface area contributed by atoms with Crippen LogP contribution in [0, 0.1) is 5.92 Å². The molecule has 0 saturated carbocycles. The molecule has 2 N–H and O–H groups in total. The number of benzene rings is 2. The van der Waals surface area contributed by atoms with Gasteiger partial charge in [-0.3, -0.25) is 0 Å². The fourth-order valence-electron chi connectivity index (χ4n) is 5.31. The second-order valence-electron chi connectivity index (χ2n) is 10.2. The third-order valence-corrected chi connectivity index (χ3v) is 9.46. The second-order valence-corrected chi connectivity index (χ2v) is 12.1. The summed E-state index contributed by atoms with van der Waals surface area (Å²) in [6.45, 7) is 3.83. The number of pyridine rings is 1. The molecule has 2 aromatic carbocycles. The highest BCUT2D eigenvalue weighted by molar-refractivity contribution is 7.89. The molecule has 0 amide bonds. The van der Waals surface area contributed by atoms with Gasteiger partial charge in [0, 0.05) is 25.1 Å². The Hall–Kier alpha value is -3.42. The molecule has 41 heavy (non-hydrogen) atoms. The van der Waals surface area contributed by atoms with Gasteiger partial charge in [0.05, 0.1) is 34.9 Å². The van der Waals surface area contributed by atoms with Crippen molar-refractivity contribution in [1.29, 1.82) is 0 Å². The van der Waals surface area contributed by atoms with E-state index in [0.717, 1.165) is 53.5 Å². The largest absolute Gasteiger partial charge is 0.573 e. The SMILES string of the molecule is CCC(COCCC1CCN(S(=O)(=O)c2ccc(OC(F)(F)F)cc2)CC1)n1cnc2c(N)nc3ccccc3c21. The number of piperidine rings is 1. The van der Waals surface area contributed by atoms with Crippen molar-refractivity contribution in [3.8, 4) is 5.75 Å². The first-order chi connectivity index (χ1) is 19.6. The number of anilines is 1. The lowest BCUT2D eigenvalue weighted by Gasteiger charge is -2.31. The molecule has 1 aliphatic heterocycles. The van der Waals surface area contributed by atoms with Gasteiger partial charge in [0.15, 0.2) is 5.82 Å². The molecule has 0 bridgehead atoms. The second kappa shape index (κ2) is 11.8. The first-order valence-corrected chi connectivity index (χ1v) is 14.9. The first-order valence-electron chi connectivity index (χ1n) is 13.5. The van der Waals surface area contributed by atoms with Crippen LogP contribution in [0.3, 0.4) is 0 Å². The van der Waals surface area contributed by atoms with E-state index in [0.29, 0.717) is 56.4 Å². The lowest BCUT2D eigenvalue weighted by atomic mass is 9.95. The number of ether oxygens (including phenoxy) is 2. The summed E-state index contributed by atoms with van der Waals surface area (Å²) in [5.41, 5.74) is 8.61. The molecule has 4 aromatic rings. The Morgan fingerprint density at radius 3 is 2.49 bits per heavy atom. The summed E-state index contributed by atoms with van der Waals surface area (Å²) < 4.78 is 76.6. The number of alkyl halides is 3. The molecule has 1 saturated heterocycles. The van der Waals surface area contributed by atoms with Crippen LogP contribution in [0.5, 0.6) is 5.75 Å². The quantitative estimate of drug-likeness (QED) is 0.242. The highest BCUT2D eigenvalue weighted by Gasteiger charge is 2.32. The molecule has 5 rings (SSSR count). The van der Waals surface area contributed by atoms with Crippen LogP contribution in [-0.2, 0) is 14.8 Å². The van der Waals surface area contributed by atoms with Crippen LogP contribution in [-0.4, -0.2) is 59.9 Å². The number of imidazole rings is 1. The predicted molar refractivity (Wildman–Crippen MR) is 149 cm³/mol. The van der Waals surface area contributed by atoms with Crippen LogP contribution >= 0.6 is 0 Å². The monoisotopic (exact) mass is 591 g/mol. The molecule has 13 heteroatoms. The fraction of sp³-hybridized carbons (Fsp3) is 0.429. The molecule has 220 valence electrons. The van der Waals surface area contributed by atoms with Crippen LogP contribution < -0.4 is 10.5 Å². The first kappa shape index (κ1) is 29.1. The summed E-state index contributed by atoms with van der Waals surface area (Å²) in [5.74, 6) is 0.248. The maximum atomic E-state index is 13.0. The van der Waals surface area contributed by atoms with Gasteiger partial charge in [-0.05, 0) is 61.9 Å². The number of rotatable bonds is 10. The standard InChI is InChI=1S/C28H32F3N5O4S/c1-2-20(36-18-33-25-26(36)23-5-3-4-6-24(23)34-27(25)32)17-39-16-13-19-11-14-35(15-12-19)41(37,38)22-9-7-21(8-10-22)40-28(29,30)31/h3-10,18-20H,2,11-17H2,1H3,(H2,32,34). The van der Waals surface area contributed by atoms with Crippen molar-refractivity contribution in [1.82, 2.24) is 18.8 Å². The number of fused-ring (bicyclic) bond motifs is 3. The van der Waals surface area contributed by atoms with E-state index in [1.54, 1.807) is 6.33 Å². The van der Waals surface area contributed by atoms with Gasteiger partial charge in [-0.25, -0.2) is 18.4 Å². The number of hydrogen-bond acceptors (Lipinski definition) is 7. The lowest BCUT2D eigenvalue weighted by molar-refractivity contribution is -0.274. The van der Waals surface area contributed by atoms with Crippen LogP contribution in [0.15, 0.2) is 59.8 Å². The zero-order valence-electron chi connectivity index (χ0n) is 22.5. The van der Waals surface area contributed by atoms with E-state index in [-0.39, 0.29) is 10.9 Å². The molecule has 9 nitrogen and oxygen atoms in total. The van der Waals surface area contributed by atoms with E-state index < -0.39 is 22.1 Å². The van der Waals surface area contributed by atoms with Gasteiger partial charge in [0.25, 0.3) is 0 Å². The van der Waals surface area contributed by atoms with E-state index in [1.807, 2.05) is 24.3 Å². The summed E-state index contributed by atoms with van der Waals surface area (Å²) in [6.07, 6.45) is -0.0446. The Balaban J connectivity index is 1.13. The van der Waals surface area contributed by atoms with Gasteiger partial charge in [-0.2, -0.15) is 4.31 Å². The number of nitrogens with two attached hydrogens (primary N) is 1. The van der Waals surface area contributed by atoms with Crippen molar-refractivity contribution < 1.29 is 31.1 Å². The molecule has 3 heterocycles. The van der Waals surface area contributed by atoms with Gasteiger partial charge >= 0.3 is 6.36 Å². The number of sulfonamides is 1. The van der Waals surface area contributed by atoms with E-state index in [4.69, 9.17) is 10.5 Å². The normalized spacial score (nSPS) is 16.4. The Bertz CT molecular complexity index is 1600. The van der Waals surface area contributed by atoms with Crippen molar-refractivity contribution in [3.63, 3.8) is 0 Å². The van der Waals surface area contributed by atoms with Crippen molar-refractivity contribution in [3.05, 3.63) is 54.9 Å². The smallest absolute Gasteiger partial charge is 0.406 e. The summed E-state index contributed by atoms with van der Waals surface area (Å²) in [4.78, 5) is 8.93. The Kier molecular flexibility index (Phi) is 8.39. The van der Waals surface area contributed by atoms with Gasteiger partial charge in [-0.1, -0.05) is 25.1 Å².